The van der Waals surface area contributed by atoms with E-state index in [1.165, 1.54) is 0 Å². The van der Waals surface area contributed by atoms with Crippen LogP contribution in [-0.4, -0.2) is 30.4 Å². The van der Waals surface area contributed by atoms with Gasteiger partial charge in [-0.3, -0.25) is 4.79 Å². The van der Waals surface area contributed by atoms with Crippen molar-refractivity contribution in [3.63, 3.8) is 0 Å². The molecular weight excluding hydrogens is 236 g/mol. The Hall–Kier alpha value is -1.35. The van der Waals surface area contributed by atoms with Gasteiger partial charge in [0.15, 0.2) is 0 Å². The summed E-state index contributed by atoms with van der Waals surface area (Å²) in [6, 6.07) is 10.3. The molecule has 0 spiro atoms. The second-order valence-electron chi connectivity index (χ2n) is 6.27. The number of hydrogen-bond donors (Lipinski definition) is 1. The molecule has 0 atom stereocenters. The Morgan fingerprint density at radius 3 is 2.42 bits per heavy atom. The fourth-order valence-electron chi connectivity index (χ4n) is 2.86. The predicted octanol–water partition coefficient (Wildman–Crippen LogP) is 2.16. The van der Waals surface area contributed by atoms with Gasteiger partial charge in [-0.25, -0.2) is 0 Å². The molecule has 0 aliphatic heterocycles. The smallest absolute Gasteiger partial charge is 0.232 e. The van der Waals surface area contributed by atoms with Gasteiger partial charge in [0.05, 0.1) is 5.41 Å². The van der Waals surface area contributed by atoms with Gasteiger partial charge in [-0.15, -0.1) is 0 Å². The molecule has 1 aliphatic rings. The Morgan fingerprint density at radius 2 is 1.89 bits per heavy atom. The fraction of sp³-hybridized carbons (Fsp3) is 0.562. The van der Waals surface area contributed by atoms with Crippen LogP contribution in [-0.2, 0) is 10.2 Å². The van der Waals surface area contributed by atoms with Gasteiger partial charge in [0.25, 0.3) is 0 Å². The van der Waals surface area contributed by atoms with Crippen LogP contribution in [0.25, 0.3) is 0 Å². The zero-order valence-electron chi connectivity index (χ0n) is 12.1. The molecule has 0 saturated heterocycles. The van der Waals surface area contributed by atoms with Gasteiger partial charge in [-0.2, -0.15) is 0 Å². The number of carbonyl (C=O) groups excluding carboxylic acids is 1. The topological polar surface area (TPSA) is 46.3 Å². The average Bonchev–Trinajstić information content (AvgIpc) is 2.37. The summed E-state index contributed by atoms with van der Waals surface area (Å²) in [7, 11) is 1.90. The van der Waals surface area contributed by atoms with Gasteiger partial charge in [0.1, 0.15) is 0 Å². The third kappa shape index (κ3) is 2.98. The summed E-state index contributed by atoms with van der Waals surface area (Å²) in [5.74, 6) is 0.759. The number of amides is 1. The maximum atomic E-state index is 12.6. The highest BCUT2D eigenvalue weighted by Crippen LogP contribution is 2.29. The van der Waals surface area contributed by atoms with Crippen molar-refractivity contribution in [2.75, 3.05) is 13.6 Å². The first-order valence-corrected chi connectivity index (χ1v) is 6.98. The molecule has 3 nitrogen and oxygen atoms in total. The summed E-state index contributed by atoms with van der Waals surface area (Å²) in [6.07, 6.45) is 2.09. The molecular formula is C16H24N2O. The van der Waals surface area contributed by atoms with Crippen LogP contribution in [0, 0.1) is 5.92 Å². The van der Waals surface area contributed by atoms with Crippen LogP contribution in [0.3, 0.4) is 0 Å². The highest BCUT2D eigenvalue weighted by atomic mass is 16.2. The second kappa shape index (κ2) is 5.33. The van der Waals surface area contributed by atoms with Gasteiger partial charge < -0.3 is 10.6 Å². The van der Waals surface area contributed by atoms with E-state index >= 15 is 0 Å². The van der Waals surface area contributed by atoms with Gasteiger partial charge >= 0.3 is 0 Å². The quantitative estimate of drug-likeness (QED) is 0.901. The first kappa shape index (κ1) is 14.1. The van der Waals surface area contributed by atoms with Crippen LogP contribution >= 0.6 is 0 Å². The number of nitrogens with zero attached hydrogens (tertiary/aromatic N) is 1. The van der Waals surface area contributed by atoms with Crippen LogP contribution in [0.5, 0.6) is 0 Å². The highest BCUT2D eigenvalue weighted by Gasteiger charge is 2.34. The van der Waals surface area contributed by atoms with E-state index in [0.29, 0.717) is 12.0 Å². The van der Waals surface area contributed by atoms with Gasteiger partial charge in [-0.1, -0.05) is 30.3 Å². The van der Waals surface area contributed by atoms with Crippen molar-refractivity contribution < 1.29 is 4.79 Å². The molecule has 1 fully saturated rings. The molecule has 1 saturated carbocycles. The Labute approximate surface area is 115 Å². The van der Waals surface area contributed by atoms with Crippen molar-refractivity contribution in [3.8, 4) is 0 Å². The molecule has 104 valence electrons. The standard InChI is InChI=1S/C16H24N2O/c1-16(2,13-7-5-4-6-8-13)15(19)18(3)11-12-9-14(17)10-12/h4-8,12,14H,9-11,17H2,1-3H3. The van der Waals surface area contributed by atoms with E-state index in [-0.39, 0.29) is 5.91 Å². The Kier molecular flexibility index (Phi) is 3.95. The van der Waals surface area contributed by atoms with E-state index in [4.69, 9.17) is 5.73 Å². The Bertz CT molecular complexity index is 435. The van der Waals surface area contributed by atoms with Crippen molar-refractivity contribution in [1.29, 1.82) is 0 Å². The third-order valence-corrected chi connectivity index (χ3v) is 4.18. The molecule has 1 amide bonds. The molecule has 0 unspecified atom stereocenters. The number of nitrogens with two attached hydrogens (primary N) is 1. The molecule has 1 aliphatic carbocycles. The minimum Gasteiger partial charge on any atom is -0.345 e. The van der Waals surface area contributed by atoms with Crippen LogP contribution in [0.2, 0.25) is 0 Å². The Balaban J connectivity index is 2.01. The number of likely N-dealkylation sites (N-methyl/N-ethyl adjacent to an activating group) is 1. The highest BCUT2D eigenvalue weighted by molar-refractivity contribution is 5.87. The minimum atomic E-state index is -0.470. The summed E-state index contributed by atoms with van der Waals surface area (Å²) in [4.78, 5) is 14.5. The molecule has 0 bridgehead atoms. The first-order valence-electron chi connectivity index (χ1n) is 6.98. The van der Waals surface area contributed by atoms with Crippen molar-refractivity contribution in [2.24, 2.45) is 11.7 Å². The third-order valence-electron chi connectivity index (χ3n) is 4.18. The molecule has 2 rings (SSSR count). The van der Waals surface area contributed by atoms with Crippen LogP contribution in [0.15, 0.2) is 30.3 Å². The molecule has 0 radical (unpaired) electrons. The zero-order valence-corrected chi connectivity index (χ0v) is 12.1. The van der Waals surface area contributed by atoms with E-state index < -0.39 is 5.41 Å². The lowest BCUT2D eigenvalue weighted by Crippen LogP contribution is -2.47. The molecule has 1 aromatic rings. The number of rotatable bonds is 4. The molecule has 1 aromatic carbocycles. The monoisotopic (exact) mass is 260 g/mol. The summed E-state index contributed by atoms with van der Waals surface area (Å²) >= 11 is 0. The van der Waals surface area contributed by atoms with Gasteiger partial charge in [0.2, 0.25) is 5.91 Å². The fourth-order valence-corrected chi connectivity index (χ4v) is 2.86. The average molecular weight is 260 g/mol. The minimum absolute atomic E-state index is 0.180. The predicted molar refractivity (Wildman–Crippen MR) is 77.8 cm³/mol. The van der Waals surface area contributed by atoms with E-state index in [1.807, 2.05) is 56.1 Å². The summed E-state index contributed by atoms with van der Waals surface area (Å²) in [6.45, 7) is 4.81. The van der Waals surface area contributed by atoms with Crippen molar-refractivity contribution in [1.82, 2.24) is 4.90 Å². The summed E-state index contributed by atoms with van der Waals surface area (Å²) in [5, 5.41) is 0. The van der Waals surface area contributed by atoms with Crippen molar-refractivity contribution >= 4 is 5.91 Å². The van der Waals surface area contributed by atoms with E-state index in [1.54, 1.807) is 0 Å². The maximum absolute atomic E-state index is 12.6. The number of hydrogen-bond acceptors (Lipinski definition) is 2. The summed E-state index contributed by atoms with van der Waals surface area (Å²) in [5.41, 5.74) is 6.39. The molecule has 3 heteroatoms. The maximum Gasteiger partial charge on any atom is 0.232 e. The number of carbonyl (C=O) groups is 1. The largest absolute Gasteiger partial charge is 0.345 e. The molecule has 0 aromatic heterocycles. The lowest BCUT2D eigenvalue weighted by Gasteiger charge is -2.37. The zero-order chi connectivity index (χ0) is 14.0. The van der Waals surface area contributed by atoms with E-state index in [9.17, 15) is 4.79 Å². The SMILES string of the molecule is CN(CC1CC(N)C1)C(=O)C(C)(C)c1ccccc1. The molecule has 19 heavy (non-hydrogen) atoms. The van der Waals surface area contributed by atoms with E-state index in [2.05, 4.69) is 0 Å². The van der Waals surface area contributed by atoms with Crippen LogP contribution < -0.4 is 5.73 Å². The lowest BCUT2D eigenvalue weighted by molar-refractivity contribution is -0.136. The summed E-state index contributed by atoms with van der Waals surface area (Å²) < 4.78 is 0. The Morgan fingerprint density at radius 1 is 1.32 bits per heavy atom. The van der Waals surface area contributed by atoms with Gasteiger partial charge in [0, 0.05) is 19.6 Å². The van der Waals surface area contributed by atoms with Gasteiger partial charge in [-0.05, 0) is 38.2 Å². The van der Waals surface area contributed by atoms with Crippen molar-refractivity contribution in [2.45, 2.75) is 38.1 Å². The molecule has 2 N–H and O–H groups in total. The normalized spacial score (nSPS) is 22.7. The van der Waals surface area contributed by atoms with E-state index in [0.717, 1.165) is 24.9 Å². The first-order chi connectivity index (χ1) is 8.91. The van der Waals surface area contributed by atoms with Crippen LogP contribution in [0.1, 0.15) is 32.3 Å². The number of benzene rings is 1. The van der Waals surface area contributed by atoms with Crippen LogP contribution in [0.4, 0.5) is 0 Å². The van der Waals surface area contributed by atoms with Crippen molar-refractivity contribution in [3.05, 3.63) is 35.9 Å². The second-order valence-corrected chi connectivity index (χ2v) is 6.27. The molecule has 0 heterocycles. The lowest BCUT2D eigenvalue weighted by atomic mass is 9.79.